The normalized spacial score (nSPS) is 25.9. The van der Waals surface area contributed by atoms with Crippen LogP contribution < -0.4 is 10.4 Å². The maximum atomic E-state index is 13.7. The van der Waals surface area contributed by atoms with E-state index in [1.807, 2.05) is 24.3 Å². The van der Waals surface area contributed by atoms with E-state index in [1.165, 1.54) is 12.1 Å². The summed E-state index contributed by atoms with van der Waals surface area (Å²) in [6.07, 6.45) is 0.614. The topological polar surface area (TPSA) is 92.5 Å². The predicted molar refractivity (Wildman–Crippen MR) is 114 cm³/mol. The fourth-order valence-electron chi connectivity index (χ4n) is 4.87. The van der Waals surface area contributed by atoms with Crippen molar-refractivity contribution in [2.45, 2.75) is 30.7 Å². The molecule has 2 fully saturated rings. The molecule has 2 aliphatic rings. The first kappa shape index (κ1) is 20.9. The van der Waals surface area contributed by atoms with Crippen molar-refractivity contribution in [3.8, 4) is 5.75 Å². The molecule has 0 aliphatic carbocycles. The zero-order valence-electron chi connectivity index (χ0n) is 17.7. The van der Waals surface area contributed by atoms with E-state index in [2.05, 4.69) is 20.1 Å². The Labute approximate surface area is 184 Å². The van der Waals surface area contributed by atoms with Crippen LogP contribution in [0.5, 0.6) is 5.75 Å². The van der Waals surface area contributed by atoms with Crippen molar-refractivity contribution in [2.75, 3.05) is 26.9 Å². The van der Waals surface area contributed by atoms with Crippen molar-refractivity contribution >= 4 is 0 Å². The van der Waals surface area contributed by atoms with Crippen LogP contribution in [0.3, 0.4) is 0 Å². The molecule has 3 atom stereocenters. The number of nitrogens with one attached hydrogen (secondary N) is 2. The lowest BCUT2D eigenvalue weighted by Gasteiger charge is -2.47. The number of hydrogen-bond donors (Lipinski definition) is 2. The molecule has 0 amide bonds. The van der Waals surface area contributed by atoms with Gasteiger partial charge in [0.05, 0.1) is 32.9 Å². The highest BCUT2D eigenvalue weighted by molar-refractivity contribution is 5.37. The maximum absolute atomic E-state index is 13.7. The second-order valence-corrected chi connectivity index (χ2v) is 8.16. The van der Waals surface area contributed by atoms with E-state index in [9.17, 15) is 9.18 Å². The number of H-pyrrole nitrogens is 2. The van der Waals surface area contributed by atoms with E-state index in [1.54, 1.807) is 19.2 Å². The van der Waals surface area contributed by atoms with Crippen LogP contribution in [0.15, 0.2) is 53.3 Å². The molecule has 3 aromatic rings. The van der Waals surface area contributed by atoms with Gasteiger partial charge in [-0.1, -0.05) is 30.3 Å². The van der Waals surface area contributed by atoms with Crippen molar-refractivity contribution in [2.24, 2.45) is 0 Å². The predicted octanol–water partition coefficient (Wildman–Crippen LogP) is 2.72. The Bertz CT molecular complexity index is 1130. The molecule has 0 bridgehead atoms. The summed E-state index contributed by atoms with van der Waals surface area (Å²) in [7, 11) is 1.66. The minimum Gasteiger partial charge on any atom is -0.496 e. The molecule has 2 saturated heterocycles. The van der Waals surface area contributed by atoms with Crippen LogP contribution in [0.2, 0.25) is 0 Å². The maximum Gasteiger partial charge on any atom is 0.340 e. The number of aromatic amines is 2. The van der Waals surface area contributed by atoms with Crippen molar-refractivity contribution in [1.82, 2.24) is 20.1 Å². The Hall–Kier alpha value is -3.01. The fourth-order valence-corrected chi connectivity index (χ4v) is 4.87. The van der Waals surface area contributed by atoms with Gasteiger partial charge in [0.15, 0.2) is 5.79 Å². The van der Waals surface area contributed by atoms with Crippen molar-refractivity contribution in [1.29, 1.82) is 0 Å². The molecule has 2 N–H and O–H groups in total. The van der Waals surface area contributed by atoms with Crippen LogP contribution in [0.25, 0.3) is 0 Å². The summed E-state index contributed by atoms with van der Waals surface area (Å²) in [4.78, 5) is 16.4. The standard InChI is InChI=1S/C23H25FN4O4/c1-30-19-5-3-2-4-18(19)16-12-23(32-14-16)21(15-6-8-17(24)9-7-15)28(10-11-31-23)13-20-25-22(29)27-26-20/h2-9,16,21H,10-14H2,1H3,(H2,25,26,27,29)/t16-,21+,23-/m1/s1. The first-order chi connectivity index (χ1) is 15.6. The fraction of sp³-hybridized carbons (Fsp3) is 0.391. The average molecular weight is 440 g/mol. The van der Waals surface area contributed by atoms with Gasteiger partial charge in [-0.3, -0.25) is 9.88 Å². The van der Waals surface area contributed by atoms with Crippen LogP contribution >= 0.6 is 0 Å². The number of morpholine rings is 1. The average Bonchev–Trinajstić information content (AvgIpc) is 3.41. The third-order valence-corrected chi connectivity index (χ3v) is 6.23. The van der Waals surface area contributed by atoms with Gasteiger partial charge in [-0.25, -0.2) is 14.3 Å². The number of ether oxygens (including phenoxy) is 3. The Morgan fingerprint density at radius 3 is 2.78 bits per heavy atom. The van der Waals surface area contributed by atoms with Crippen molar-refractivity contribution in [3.63, 3.8) is 0 Å². The highest BCUT2D eigenvalue weighted by atomic mass is 19.1. The summed E-state index contributed by atoms with van der Waals surface area (Å²) >= 11 is 0. The van der Waals surface area contributed by atoms with E-state index < -0.39 is 5.79 Å². The molecule has 32 heavy (non-hydrogen) atoms. The third-order valence-electron chi connectivity index (χ3n) is 6.23. The summed E-state index contributed by atoms with van der Waals surface area (Å²) in [5, 5.41) is 6.47. The van der Waals surface area contributed by atoms with E-state index in [0.717, 1.165) is 16.9 Å². The number of halogens is 1. The summed E-state index contributed by atoms with van der Waals surface area (Å²) in [5.74, 6) is 0.205. The lowest BCUT2D eigenvalue weighted by molar-refractivity contribution is -0.276. The third kappa shape index (κ3) is 3.83. The van der Waals surface area contributed by atoms with E-state index >= 15 is 0 Å². The number of rotatable bonds is 5. The highest BCUT2D eigenvalue weighted by Crippen LogP contribution is 2.50. The Morgan fingerprint density at radius 1 is 1.22 bits per heavy atom. The smallest absolute Gasteiger partial charge is 0.340 e. The summed E-state index contributed by atoms with van der Waals surface area (Å²) in [6.45, 7) is 1.95. The molecule has 5 rings (SSSR count). The van der Waals surface area contributed by atoms with Crippen LogP contribution in [-0.4, -0.2) is 52.7 Å². The van der Waals surface area contributed by atoms with E-state index in [-0.39, 0.29) is 23.5 Å². The lowest BCUT2D eigenvalue weighted by Crippen LogP contribution is -2.53. The van der Waals surface area contributed by atoms with Crippen LogP contribution in [0, 0.1) is 5.82 Å². The molecule has 1 aromatic heterocycles. The number of nitrogens with zero attached hydrogens (tertiary/aromatic N) is 2. The first-order valence-electron chi connectivity index (χ1n) is 10.6. The molecule has 8 nitrogen and oxygen atoms in total. The first-order valence-corrected chi connectivity index (χ1v) is 10.6. The van der Waals surface area contributed by atoms with Crippen molar-refractivity contribution in [3.05, 3.63) is 81.8 Å². The molecule has 2 aromatic carbocycles. The molecule has 1 spiro atoms. The van der Waals surface area contributed by atoms with Gasteiger partial charge in [0, 0.05) is 18.9 Å². The zero-order chi connectivity index (χ0) is 22.1. The molecular weight excluding hydrogens is 415 g/mol. The van der Waals surface area contributed by atoms with Gasteiger partial charge in [-0.05, 0) is 29.3 Å². The molecule has 0 unspecified atom stereocenters. The number of methoxy groups -OCH3 is 1. The van der Waals surface area contributed by atoms with Gasteiger partial charge in [-0.2, -0.15) is 5.10 Å². The number of aromatic nitrogens is 3. The van der Waals surface area contributed by atoms with Gasteiger partial charge in [-0.15, -0.1) is 0 Å². The molecule has 0 saturated carbocycles. The van der Waals surface area contributed by atoms with Gasteiger partial charge in [0.2, 0.25) is 0 Å². The molecule has 2 aliphatic heterocycles. The monoisotopic (exact) mass is 440 g/mol. The van der Waals surface area contributed by atoms with Crippen LogP contribution in [0.1, 0.15) is 35.3 Å². The lowest BCUT2D eigenvalue weighted by atomic mass is 9.87. The summed E-state index contributed by atoms with van der Waals surface area (Å²) in [5.41, 5.74) is 1.60. The quantitative estimate of drug-likeness (QED) is 0.634. The number of benzene rings is 2. The van der Waals surface area contributed by atoms with E-state index in [4.69, 9.17) is 14.2 Å². The second-order valence-electron chi connectivity index (χ2n) is 8.16. The molecule has 168 valence electrons. The Morgan fingerprint density at radius 2 is 2.03 bits per heavy atom. The molecule has 9 heteroatoms. The largest absolute Gasteiger partial charge is 0.496 e. The van der Waals surface area contributed by atoms with Crippen molar-refractivity contribution < 1.29 is 18.6 Å². The summed E-state index contributed by atoms with van der Waals surface area (Å²) < 4.78 is 32.0. The minimum atomic E-state index is -0.918. The SMILES string of the molecule is COc1ccccc1[C@H]1CO[C@@]2(C1)OCCN(Cc1n[nH]c(=O)[nH]1)[C@H]2c1ccc(F)cc1. The summed E-state index contributed by atoms with van der Waals surface area (Å²) in [6, 6.07) is 14.0. The molecule has 0 radical (unpaired) electrons. The highest BCUT2D eigenvalue weighted by Gasteiger charge is 2.53. The molecule has 3 heterocycles. The number of para-hydroxylation sites is 1. The van der Waals surface area contributed by atoms with E-state index in [0.29, 0.717) is 38.5 Å². The van der Waals surface area contributed by atoms with Gasteiger partial charge < -0.3 is 14.2 Å². The zero-order valence-corrected chi connectivity index (χ0v) is 17.7. The second kappa shape index (κ2) is 8.50. The number of hydrogen-bond acceptors (Lipinski definition) is 6. The van der Waals surface area contributed by atoms with Crippen LogP contribution in [-0.2, 0) is 16.0 Å². The Kier molecular flexibility index (Phi) is 5.54. The van der Waals surface area contributed by atoms with Gasteiger partial charge in [0.1, 0.15) is 17.4 Å². The molecular formula is C23H25FN4O4. The minimum absolute atomic E-state index is 0.0826. The van der Waals surface area contributed by atoms with Gasteiger partial charge >= 0.3 is 5.69 Å². The van der Waals surface area contributed by atoms with Crippen LogP contribution in [0.4, 0.5) is 4.39 Å². The van der Waals surface area contributed by atoms with Gasteiger partial charge in [0.25, 0.3) is 0 Å². The Balaban J connectivity index is 1.50.